The summed E-state index contributed by atoms with van der Waals surface area (Å²) >= 11 is 7.78. The quantitative estimate of drug-likeness (QED) is 0.918. The van der Waals surface area contributed by atoms with Crippen LogP contribution in [-0.2, 0) is 6.42 Å². The second kappa shape index (κ2) is 5.53. The van der Waals surface area contributed by atoms with Crippen LogP contribution in [0.3, 0.4) is 0 Å². The molecule has 2 unspecified atom stereocenters. The Morgan fingerprint density at radius 1 is 1.47 bits per heavy atom. The lowest BCUT2D eigenvalue weighted by Gasteiger charge is -2.16. The Hall–Kier alpha value is -1.03. The molecule has 1 aliphatic rings. The lowest BCUT2D eigenvalue weighted by molar-refractivity contribution is 0.223. The van der Waals surface area contributed by atoms with Crippen molar-refractivity contribution in [1.29, 1.82) is 0 Å². The van der Waals surface area contributed by atoms with Gasteiger partial charge in [0.15, 0.2) is 0 Å². The van der Waals surface area contributed by atoms with Gasteiger partial charge in [-0.1, -0.05) is 17.7 Å². The molecule has 0 spiro atoms. The van der Waals surface area contributed by atoms with Crippen molar-refractivity contribution in [2.24, 2.45) is 0 Å². The zero-order chi connectivity index (χ0) is 13.2. The first-order chi connectivity index (χ1) is 9.22. The van der Waals surface area contributed by atoms with Crippen LogP contribution in [0.15, 0.2) is 35.7 Å². The van der Waals surface area contributed by atoms with Crippen LogP contribution in [0.1, 0.15) is 23.4 Å². The standard InChI is InChI=1S/C15H16ClNOS/c1-10(15-3-2-6-19-15)17-9-13-8-11-7-12(16)4-5-14(11)18-13/h2-7,10,13,17H,8-9H2,1H3. The summed E-state index contributed by atoms with van der Waals surface area (Å²) in [6.07, 6.45) is 1.14. The topological polar surface area (TPSA) is 21.3 Å². The Morgan fingerprint density at radius 2 is 2.37 bits per heavy atom. The Labute approximate surface area is 122 Å². The number of ether oxygens (including phenoxy) is 1. The van der Waals surface area contributed by atoms with Crippen LogP contribution in [0.4, 0.5) is 0 Å². The summed E-state index contributed by atoms with van der Waals surface area (Å²) in [6.45, 7) is 3.04. The third-order valence-electron chi connectivity index (χ3n) is 3.39. The molecule has 2 atom stereocenters. The number of rotatable bonds is 4. The molecule has 19 heavy (non-hydrogen) atoms. The highest BCUT2D eigenvalue weighted by Crippen LogP contribution is 2.31. The molecule has 0 amide bonds. The molecule has 2 aromatic rings. The van der Waals surface area contributed by atoms with E-state index in [0.29, 0.717) is 6.04 Å². The van der Waals surface area contributed by atoms with Crippen LogP contribution in [0.5, 0.6) is 5.75 Å². The second-order valence-electron chi connectivity index (χ2n) is 4.84. The van der Waals surface area contributed by atoms with Crippen molar-refractivity contribution in [3.63, 3.8) is 0 Å². The minimum absolute atomic E-state index is 0.205. The number of fused-ring (bicyclic) bond motifs is 1. The molecule has 0 radical (unpaired) electrons. The van der Waals surface area contributed by atoms with E-state index >= 15 is 0 Å². The van der Waals surface area contributed by atoms with Crippen LogP contribution in [0, 0.1) is 0 Å². The highest BCUT2D eigenvalue weighted by molar-refractivity contribution is 7.10. The summed E-state index contributed by atoms with van der Waals surface area (Å²) in [7, 11) is 0. The van der Waals surface area contributed by atoms with E-state index in [1.54, 1.807) is 11.3 Å². The molecule has 0 bridgehead atoms. The predicted molar refractivity (Wildman–Crippen MR) is 80.3 cm³/mol. The van der Waals surface area contributed by atoms with Crippen molar-refractivity contribution >= 4 is 22.9 Å². The van der Waals surface area contributed by atoms with Crippen LogP contribution in [0.2, 0.25) is 5.02 Å². The van der Waals surface area contributed by atoms with E-state index in [9.17, 15) is 0 Å². The van der Waals surface area contributed by atoms with Crippen LogP contribution in [0.25, 0.3) is 0 Å². The van der Waals surface area contributed by atoms with Crippen molar-refractivity contribution in [3.8, 4) is 5.75 Å². The first-order valence-corrected chi connectivity index (χ1v) is 7.70. The number of benzene rings is 1. The van der Waals surface area contributed by atoms with Gasteiger partial charge in [0.05, 0.1) is 0 Å². The second-order valence-corrected chi connectivity index (χ2v) is 6.26. The smallest absolute Gasteiger partial charge is 0.123 e. The lowest BCUT2D eigenvalue weighted by atomic mass is 10.1. The maximum absolute atomic E-state index is 6.00. The minimum Gasteiger partial charge on any atom is -0.488 e. The maximum atomic E-state index is 6.00. The Kier molecular flexibility index (Phi) is 3.78. The molecule has 0 fully saturated rings. The molecule has 0 saturated carbocycles. The summed E-state index contributed by atoms with van der Waals surface area (Å²) < 4.78 is 5.91. The van der Waals surface area contributed by atoms with E-state index in [-0.39, 0.29) is 6.10 Å². The van der Waals surface area contributed by atoms with Gasteiger partial charge in [-0.05, 0) is 42.1 Å². The van der Waals surface area contributed by atoms with Gasteiger partial charge in [0, 0.05) is 28.9 Å². The summed E-state index contributed by atoms with van der Waals surface area (Å²) in [5.41, 5.74) is 1.21. The summed E-state index contributed by atoms with van der Waals surface area (Å²) in [5, 5.41) is 6.42. The molecule has 4 heteroatoms. The molecule has 3 rings (SSSR count). The van der Waals surface area contributed by atoms with Crippen LogP contribution >= 0.6 is 22.9 Å². The predicted octanol–water partition coefficient (Wildman–Crippen LogP) is 4.06. The summed E-state index contributed by atoms with van der Waals surface area (Å²) in [4.78, 5) is 1.36. The highest BCUT2D eigenvalue weighted by atomic mass is 35.5. The van der Waals surface area contributed by atoms with Crippen molar-refractivity contribution in [2.75, 3.05) is 6.54 Å². The van der Waals surface area contributed by atoms with Gasteiger partial charge in [-0.2, -0.15) is 0 Å². The number of thiophene rings is 1. The van der Waals surface area contributed by atoms with Gasteiger partial charge >= 0.3 is 0 Å². The molecule has 0 aliphatic carbocycles. The van der Waals surface area contributed by atoms with Gasteiger partial charge in [-0.3, -0.25) is 0 Å². The van der Waals surface area contributed by atoms with Crippen LogP contribution in [-0.4, -0.2) is 12.6 Å². The summed E-state index contributed by atoms with van der Waals surface area (Å²) in [6, 6.07) is 10.5. The number of hydrogen-bond donors (Lipinski definition) is 1. The minimum atomic E-state index is 0.205. The fourth-order valence-corrected chi connectivity index (χ4v) is 3.30. The third kappa shape index (κ3) is 2.94. The van der Waals surface area contributed by atoms with Gasteiger partial charge < -0.3 is 10.1 Å². The van der Waals surface area contributed by atoms with Gasteiger partial charge in [-0.25, -0.2) is 0 Å². The van der Waals surface area contributed by atoms with Gasteiger partial charge in [-0.15, -0.1) is 11.3 Å². The third-order valence-corrected chi connectivity index (χ3v) is 4.68. The van der Waals surface area contributed by atoms with E-state index in [2.05, 4.69) is 29.8 Å². The molecular formula is C15H16ClNOS. The first kappa shape index (κ1) is 13.0. The molecule has 1 aromatic heterocycles. The van der Waals surface area contributed by atoms with Gasteiger partial charge in [0.2, 0.25) is 0 Å². The largest absolute Gasteiger partial charge is 0.488 e. The lowest BCUT2D eigenvalue weighted by Crippen LogP contribution is -2.31. The van der Waals surface area contributed by atoms with Crippen molar-refractivity contribution in [2.45, 2.75) is 25.5 Å². The van der Waals surface area contributed by atoms with E-state index in [0.717, 1.165) is 23.7 Å². The van der Waals surface area contributed by atoms with Crippen molar-refractivity contribution in [1.82, 2.24) is 5.32 Å². The number of hydrogen-bond acceptors (Lipinski definition) is 3. The fourth-order valence-electron chi connectivity index (χ4n) is 2.35. The van der Waals surface area contributed by atoms with Gasteiger partial charge in [0.25, 0.3) is 0 Å². The number of halogens is 1. The van der Waals surface area contributed by atoms with E-state index in [1.165, 1.54) is 10.4 Å². The zero-order valence-electron chi connectivity index (χ0n) is 10.7. The average molecular weight is 294 g/mol. The molecule has 1 aliphatic heterocycles. The monoisotopic (exact) mass is 293 g/mol. The van der Waals surface area contributed by atoms with Gasteiger partial charge in [0.1, 0.15) is 11.9 Å². The molecule has 2 nitrogen and oxygen atoms in total. The molecular weight excluding hydrogens is 278 g/mol. The van der Waals surface area contributed by atoms with Crippen LogP contribution < -0.4 is 10.1 Å². The van der Waals surface area contributed by atoms with E-state index < -0.39 is 0 Å². The fraction of sp³-hybridized carbons (Fsp3) is 0.333. The van der Waals surface area contributed by atoms with Crippen molar-refractivity contribution in [3.05, 3.63) is 51.2 Å². The molecule has 0 saturated heterocycles. The van der Waals surface area contributed by atoms with Crippen molar-refractivity contribution < 1.29 is 4.74 Å². The zero-order valence-corrected chi connectivity index (χ0v) is 12.3. The normalized spacial score (nSPS) is 18.9. The molecule has 100 valence electrons. The summed E-state index contributed by atoms with van der Waals surface area (Å²) in [5.74, 6) is 0.972. The maximum Gasteiger partial charge on any atom is 0.123 e. The van der Waals surface area contributed by atoms with E-state index in [4.69, 9.17) is 16.3 Å². The SMILES string of the molecule is CC(NCC1Cc2cc(Cl)ccc2O1)c1cccs1. The molecule has 1 N–H and O–H groups in total. The average Bonchev–Trinajstić information content (AvgIpc) is 3.04. The van der Waals surface area contributed by atoms with E-state index in [1.807, 2.05) is 18.2 Å². The number of nitrogens with one attached hydrogen (secondary N) is 1. The highest BCUT2D eigenvalue weighted by Gasteiger charge is 2.23. The molecule has 1 aromatic carbocycles. The Bertz CT molecular complexity index is 555. The Morgan fingerprint density at radius 3 is 3.16 bits per heavy atom. The first-order valence-electron chi connectivity index (χ1n) is 6.44. The molecule has 2 heterocycles. The Balaban J connectivity index is 1.56.